The molecule has 1 N–H and O–H groups in total. The van der Waals surface area contributed by atoms with E-state index in [2.05, 4.69) is 26.1 Å². The fraction of sp³-hybridized carbons (Fsp3) is 0.917. The highest BCUT2D eigenvalue weighted by molar-refractivity contribution is 5.73. The molecule has 1 aliphatic rings. The molecule has 1 fully saturated rings. The molecule has 0 spiro atoms. The van der Waals surface area contributed by atoms with Crippen LogP contribution in [-0.2, 0) is 9.53 Å². The molecule has 0 radical (unpaired) electrons. The van der Waals surface area contributed by atoms with Crippen LogP contribution in [0.15, 0.2) is 0 Å². The van der Waals surface area contributed by atoms with Gasteiger partial charge in [0.1, 0.15) is 0 Å². The lowest BCUT2D eigenvalue weighted by Crippen LogP contribution is -2.51. The maximum Gasteiger partial charge on any atom is 0.217 e. The first kappa shape index (κ1) is 12.5. The van der Waals surface area contributed by atoms with Crippen LogP contribution in [0.25, 0.3) is 0 Å². The largest absolute Gasteiger partial charge is 0.378 e. The van der Waals surface area contributed by atoms with E-state index in [1.54, 1.807) is 6.92 Å². The van der Waals surface area contributed by atoms with Gasteiger partial charge in [-0.25, -0.2) is 0 Å². The molecule has 0 saturated carbocycles. The first-order valence-electron chi connectivity index (χ1n) is 5.82. The van der Waals surface area contributed by atoms with Gasteiger partial charge in [-0.3, -0.25) is 4.79 Å². The summed E-state index contributed by atoms with van der Waals surface area (Å²) < 4.78 is 5.71. The summed E-state index contributed by atoms with van der Waals surface area (Å²) in [5.41, 5.74) is -0.0658. The Morgan fingerprint density at radius 2 is 2.27 bits per heavy atom. The van der Waals surface area contributed by atoms with Gasteiger partial charge in [-0.1, -0.05) is 13.8 Å². The number of nitrogens with one attached hydrogen (secondary N) is 1. The monoisotopic (exact) mass is 213 g/mol. The summed E-state index contributed by atoms with van der Waals surface area (Å²) >= 11 is 0. The predicted octanol–water partition coefficient (Wildman–Crippen LogP) is 2.11. The molecule has 1 saturated heterocycles. The van der Waals surface area contributed by atoms with Crippen molar-refractivity contribution in [2.75, 3.05) is 6.61 Å². The summed E-state index contributed by atoms with van der Waals surface area (Å²) in [6.07, 6.45) is 3.23. The highest BCUT2D eigenvalue weighted by Gasteiger charge is 2.33. The van der Waals surface area contributed by atoms with E-state index in [0.29, 0.717) is 12.0 Å². The van der Waals surface area contributed by atoms with Crippen LogP contribution in [0, 0.1) is 5.92 Å². The first-order valence-corrected chi connectivity index (χ1v) is 5.82. The molecule has 1 rings (SSSR count). The lowest BCUT2D eigenvalue weighted by molar-refractivity contribution is -0.123. The fourth-order valence-corrected chi connectivity index (χ4v) is 2.33. The molecule has 1 aliphatic heterocycles. The Labute approximate surface area is 92.6 Å². The van der Waals surface area contributed by atoms with Crippen molar-refractivity contribution in [3.8, 4) is 0 Å². The van der Waals surface area contributed by atoms with E-state index in [-0.39, 0.29) is 11.4 Å². The molecule has 1 amide bonds. The Bertz CT molecular complexity index is 228. The second kappa shape index (κ2) is 4.97. The highest BCUT2D eigenvalue weighted by Crippen LogP contribution is 2.27. The summed E-state index contributed by atoms with van der Waals surface area (Å²) in [5, 5.41) is 3.04. The van der Waals surface area contributed by atoms with Crippen LogP contribution in [0.3, 0.4) is 0 Å². The van der Waals surface area contributed by atoms with Crippen molar-refractivity contribution in [1.82, 2.24) is 5.32 Å². The van der Waals surface area contributed by atoms with Crippen molar-refractivity contribution in [2.45, 2.75) is 58.6 Å². The van der Waals surface area contributed by atoms with E-state index >= 15 is 0 Å². The van der Waals surface area contributed by atoms with Crippen LogP contribution in [-0.4, -0.2) is 24.2 Å². The van der Waals surface area contributed by atoms with Crippen LogP contribution < -0.4 is 5.32 Å². The standard InChI is InChI=1S/C12H23NO2/c1-9(2)7-11-8-12(4,5-6-15-11)13-10(3)14/h9,11H,5-8H2,1-4H3,(H,13,14)/t11-,12+/m0/s1. The van der Waals surface area contributed by atoms with Gasteiger partial charge in [0.25, 0.3) is 0 Å². The molecule has 0 aromatic carbocycles. The van der Waals surface area contributed by atoms with E-state index < -0.39 is 0 Å². The zero-order valence-corrected chi connectivity index (χ0v) is 10.3. The summed E-state index contributed by atoms with van der Waals surface area (Å²) in [6.45, 7) is 8.86. The minimum atomic E-state index is -0.0658. The molecule has 15 heavy (non-hydrogen) atoms. The van der Waals surface area contributed by atoms with Gasteiger partial charge in [0.15, 0.2) is 0 Å². The molecular weight excluding hydrogens is 190 g/mol. The van der Waals surface area contributed by atoms with Crippen molar-refractivity contribution in [1.29, 1.82) is 0 Å². The first-order chi connectivity index (χ1) is 6.91. The normalized spacial score (nSPS) is 31.7. The molecular formula is C12H23NO2. The second-order valence-electron chi connectivity index (χ2n) is 5.32. The van der Waals surface area contributed by atoms with Gasteiger partial charge in [0, 0.05) is 19.1 Å². The van der Waals surface area contributed by atoms with E-state index in [1.807, 2.05) is 0 Å². The van der Waals surface area contributed by atoms with Crippen molar-refractivity contribution < 1.29 is 9.53 Å². The van der Waals surface area contributed by atoms with Gasteiger partial charge in [-0.05, 0) is 32.1 Å². The maximum atomic E-state index is 11.1. The number of amides is 1. The van der Waals surface area contributed by atoms with Gasteiger partial charge in [-0.15, -0.1) is 0 Å². The smallest absolute Gasteiger partial charge is 0.217 e. The Morgan fingerprint density at radius 3 is 2.80 bits per heavy atom. The maximum absolute atomic E-state index is 11.1. The van der Waals surface area contributed by atoms with Gasteiger partial charge < -0.3 is 10.1 Å². The predicted molar refractivity (Wildman–Crippen MR) is 60.7 cm³/mol. The van der Waals surface area contributed by atoms with Crippen LogP contribution in [0.5, 0.6) is 0 Å². The third kappa shape index (κ3) is 4.20. The second-order valence-corrected chi connectivity index (χ2v) is 5.32. The number of rotatable bonds is 3. The molecule has 0 aromatic heterocycles. The van der Waals surface area contributed by atoms with E-state index in [4.69, 9.17) is 4.74 Å². The molecule has 0 aliphatic carbocycles. The summed E-state index contributed by atoms with van der Waals surface area (Å²) in [7, 11) is 0. The summed E-state index contributed by atoms with van der Waals surface area (Å²) in [6, 6.07) is 0. The highest BCUT2D eigenvalue weighted by atomic mass is 16.5. The van der Waals surface area contributed by atoms with Gasteiger partial charge in [-0.2, -0.15) is 0 Å². The van der Waals surface area contributed by atoms with E-state index in [1.165, 1.54) is 0 Å². The molecule has 0 aromatic rings. The van der Waals surface area contributed by atoms with Crippen molar-refractivity contribution in [3.05, 3.63) is 0 Å². The average molecular weight is 213 g/mol. The third-order valence-corrected chi connectivity index (χ3v) is 2.90. The number of ether oxygens (including phenoxy) is 1. The third-order valence-electron chi connectivity index (χ3n) is 2.90. The number of hydrogen-bond acceptors (Lipinski definition) is 2. The molecule has 0 bridgehead atoms. The molecule has 3 heteroatoms. The minimum absolute atomic E-state index is 0.0581. The Hall–Kier alpha value is -0.570. The van der Waals surface area contributed by atoms with Gasteiger partial charge in [0.05, 0.1) is 6.10 Å². The molecule has 3 nitrogen and oxygen atoms in total. The number of hydrogen-bond donors (Lipinski definition) is 1. The quantitative estimate of drug-likeness (QED) is 0.779. The Balaban J connectivity index is 2.50. The fourth-order valence-electron chi connectivity index (χ4n) is 2.33. The van der Waals surface area contributed by atoms with Crippen molar-refractivity contribution in [3.63, 3.8) is 0 Å². The van der Waals surface area contributed by atoms with Crippen molar-refractivity contribution in [2.24, 2.45) is 5.92 Å². The average Bonchev–Trinajstić information content (AvgIpc) is 1.99. The summed E-state index contributed by atoms with van der Waals surface area (Å²) in [5.74, 6) is 0.706. The van der Waals surface area contributed by atoms with E-state index in [0.717, 1.165) is 25.9 Å². The topological polar surface area (TPSA) is 38.3 Å². The van der Waals surface area contributed by atoms with Crippen molar-refractivity contribution >= 4 is 5.91 Å². The minimum Gasteiger partial charge on any atom is -0.378 e. The molecule has 0 unspecified atom stereocenters. The van der Waals surface area contributed by atoms with Crippen LogP contribution in [0.2, 0.25) is 0 Å². The molecule has 1 heterocycles. The Kier molecular flexibility index (Phi) is 4.14. The van der Waals surface area contributed by atoms with Crippen LogP contribution >= 0.6 is 0 Å². The SMILES string of the molecule is CC(=O)N[C@]1(C)CCO[C@@H](CC(C)C)C1. The molecule has 2 atom stereocenters. The Morgan fingerprint density at radius 1 is 1.60 bits per heavy atom. The van der Waals surface area contributed by atoms with Crippen LogP contribution in [0.4, 0.5) is 0 Å². The lowest BCUT2D eigenvalue weighted by atomic mass is 9.86. The number of carbonyl (C=O) groups is 1. The van der Waals surface area contributed by atoms with E-state index in [9.17, 15) is 4.79 Å². The summed E-state index contributed by atoms with van der Waals surface area (Å²) in [4.78, 5) is 11.1. The zero-order chi connectivity index (χ0) is 11.5. The zero-order valence-electron chi connectivity index (χ0n) is 10.3. The van der Waals surface area contributed by atoms with Gasteiger partial charge in [0.2, 0.25) is 5.91 Å². The van der Waals surface area contributed by atoms with Gasteiger partial charge >= 0.3 is 0 Å². The number of carbonyl (C=O) groups excluding carboxylic acids is 1. The molecule has 88 valence electrons. The van der Waals surface area contributed by atoms with Crippen LogP contribution in [0.1, 0.15) is 47.0 Å². The lowest BCUT2D eigenvalue weighted by Gasteiger charge is -2.39.